The Labute approximate surface area is 86.4 Å². The third kappa shape index (κ3) is 2.47. The predicted octanol–water partition coefficient (Wildman–Crippen LogP) is 3.31. The average Bonchev–Trinajstić information content (AvgIpc) is 2.12. The Hall–Kier alpha value is -1.05. The van der Waals surface area contributed by atoms with Gasteiger partial charge in [0.2, 0.25) is 0 Å². The summed E-state index contributed by atoms with van der Waals surface area (Å²) < 4.78 is 5.28. The molecule has 1 aliphatic heterocycles. The zero-order valence-corrected chi connectivity index (χ0v) is 9.72. The highest BCUT2D eigenvalue weighted by Gasteiger charge is 2.14. The van der Waals surface area contributed by atoms with E-state index in [2.05, 4.69) is 31.8 Å². The van der Waals surface area contributed by atoms with Crippen molar-refractivity contribution in [3.05, 3.63) is 22.9 Å². The topological polar surface area (TPSA) is 21.6 Å². The monoisotopic (exact) mass is 193 g/mol. The molecule has 0 aromatic carbocycles. The highest BCUT2D eigenvalue weighted by Crippen LogP contribution is 2.21. The molecular weight excluding hydrogens is 174 g/mol. The minimum atomic E-state index is 0.374. The minimum absolute atomic E-state index is 0.374. The summed E-state index contributed by atoms with van der Waals surface area (Å²) in [5, 5.41) is 0. The number of allylic oxidation sites excluding steroid dienone is 4. The predicted molar refractivity (Wildman–Crippen MR) is 60.4 cm³/mol. The van der Waals surface area contributed by atoms with Crippen LogP contribution < -0.4 is 0 Å². The van der Waals surface area contributed by atoms with E-state index in [-0.39, 0.29) is 0 Å². The van der Waals surface area contributed by atoms with Crippen LogP contribution in [0.1, 0.15) is 34.1 Å². The fourth-order valence-electron chi connectivity index (χ4n) is 1.71. The van der Waals surface area contributed by atoms with Gasteiger partial charge in [-0.3, -0.25) is 0 Å². The lowest BCUT2D eigenvalue weighted by molar-refractivity contribution is 0.368. The molecule has 14 heavy (non-hydrogen) atoms. The standard InChI is InChI=1S/C12H19NO/c1-8-6-10(3)12(14-5)13-11(4)7-9(8)2/h7,10H,6H2,1-5H3/b9-8-,11-7-,13-12?. The van der Waals surface area contributed by atoms with Crippen LogP contribution in [-0.2, 0) is 4.74 Å². The van der Waals surface area contributed by atoms with Crippen molar-refractivity contribution >= 4 is 5.90 Å². The number of rotatable bonds is 0. The normalized spacial score (nSPS) is 32.5. The van der Waals surface area contributed by atoms with Crippen molar-refractivity contribution in [1.82, 2.24) is 0 Å². The quantitative estimate of drug-likeness (QED) is 0.578. The van der Waals surface area contributed by atoms with Gasteiger partial charge < -0.3 is 4.74 Å². The van der Waals surface area contributed by atoms with Crippen LogP contribution in [0, 0.1) is 5.92 Å². The highest BCUT2D eigenvalue weighted by molar-refractivity contribution is 5.80. The molecule has 1 aliphatic rings. The van der Waals surface area contributed by atoms with Crippen LogP contribution in [-0.4, -0.2) is 13.0 Å². The van der Waals surface area contributed by atoms with Crippen molar-refractivity contribution in [2.24, 2.45) is 10.9 Å². The molecule has 0 aromatic rings. The fraction of sp³-hybridized carbons (Fsp3) is 0.583. The van der Waals surface area contributed by atoms with E-state index in [0.29, 0.717) is 5.92 Å². The van der Waals surface area contributed by atoms with Gasteiger partial charge in [-0.05, 0) is 33.3 Å². The molecule has 0 aromatic heterocycles. The van der Waals surface area contributed by atoms with Crippen molar-refractivity contribution in [2.75, 3.05) is 7.11 Å². The largest absolute Gasteiger partial charge is 0.484 e. The number of hydrogen-bond acceptors (Lipinski definition) is 2. The highest BCUT2D eigenvalue weighted by atomic mass is 16.5. The average molecular weight is 193 g/mol. The number of nitrogens with zero attached hydrogens (tertiary/aromatic N) is 1. The molecule has 0 fully saturated rings. The Morgan fingerprint density at radius 3 is 2.57 bits per heavy atom. The zero-order valence-electron chi connectivity index (χ0n) is 9.72. The molecule has 78 valence electrons. The summed E-state index contributed by atoms with van der Waals surface area (Å²) in [7, 11) is 1.69. The molecule has 1 rings (SSSR count). The second-order valence-corrected chi connectivity index (χ2v) is 4.01. The van der Waals surface area contributed by atoms with Crippen LogP contribution >= 0.6 is 0 Å². The fourth-order valence-corrected chi connectivity index (χ4v) is 1.71. The lowest BCUT2D eigenvalue weighted by atomic mass is 9.97. The molecule has 0 bridgehead atoms. The minimum Gasteiger partial charge on any atom is -0.484 e. The Morgan fingerprint density at radius 1 is 1.36 bits per heavy atom. The second kappa shape index (κ2) is 4.45. The van der Waals surface area contributed by atoms with E-state index in [9.17, 15) is 0 Å². The summed E-state index contributed by atoms with van der Waals surface area (Å²) in [6, 6.07) is 0. The van der Waals surface area contributed by atoms with Gasteiger partial charge >= 0.3 is 0 Å². The van der Waals surface area contributed by atoms with Crippen LogP contribution in [0.3, 0.4) is 0 Å². The molecule has 1 atom stereocenters. The van der Waals surface area contributed by atoms with Crippen LogP contribution in [0.15, 0.2) is 27.9 Å². The van der Waals surface area contributed by atoms with Crippen molar-refractivity contribution < 1.29 is 4.74 Å². The molecule has 0 saturated heterocycles. The van der Waals surface area contributed by atoms with Crippen LogP contribution in [0.25, 0.3) is 0 Å². The Balaban J connectivity index is 3.08. The summed E-state index contributed by atoms with van der Waals surface area (Å²) in [4.78, 5) is 4.44. The molecular formula is C12H19NO. The zero-order chi connectivity index (χ0) is 10.7. The molecule has 0 N–H and O–H groups in total. The van der Waals surface area contributed by atoms with Crippen LogP contribution in [0.2, 0.25) is 0 Å². The Kier molecular flexibility index (Phi) is 3.50. The first-order valence-corrected chi connectivity index (χ1v) is 5.01. The molecule has 0 saturated carbocycles. The van der Waals surface area contributed by atoms with E-state index in [1.54, 1.807) is 7.11 Å². The number of hydrogen-bond donors (Lipinski definition) is 0. The van der Waals surface area contributed by atoms with Crippen LogP contribution in [0.5, 0.6) is 0 Å². The third-order valence-electron chi connectivity index (χ3n) is 2.63. The third-order valence-corrected chi connectivity index (χ3v) is 2.63. The Morgan fingerprint density at radius 2 is 2.00 bits per heavy atom. The molecule has 0 radical (unpaired) electrons. The maximum absolute atomic E-state index is 5.28. The van der Waals surface area contributed by atoms with Crippen molar-refractivity contribution in [1.29, 1.82) is 0 Å². The number of ether oxygens (including phenoxy) is 1. The van der Waals surface area contributed by atoms with E-state index in [4.69, 9.17) is 4.74 Å². The summed E-state index contributed by atoms with van der Waals surface area (Å²) in [6.07, 6.45) is 3.14. The van der Waals surface area contributed by atoms with Gasteiger partial charge in [-0.1, -0.05) is 18.1 Å². The molecule has 2 nitrogen and oxygen atoms in total. The summed E-state index contributed by atoms with van der Waals surface area (Å²) in [5.74, 6) is 1.21. The first-order valence-electron chi connectivity index (χ1n) is 5.01. The molecule has 2 heteroatoms. The molecule has 0 spiro atoms. The van der Waals surface area contributed by atoms with Gasteiger partial charge in [0.05, 0.1) is 7.11 Å². The van der Waals surface area contributed by atoms with E-state index >= 15 is 0 Å². The first-order chi connectivity index (χ1) is 6.54. The van der Waals surface area contributed by atoms with Gasteiger partial charge in [-0.25, -0.2) is 4.99 Å². The number of methoxy groups -OCH3 is 1. The van der Waals surface area contributed by atoms with Crippen molar-refractivity contribution in [3.8, 4) is 0 Å². The van der Waals surface area contributed by atoms with Crippen LogP contribution in [0.4, 0.5) is 0 Å². The SMILES string of the molecule is COC1=N/C(C)=C\C(C)=C(\C)CC1C. The first kappa shape index (κ1) is 11.0. The van der Waals surface area contributed by atoms with E-state index in [1.807, 2.05) is 6.92 Å². The second-order valence-electron chi connectivity index (χ2n) is 4.01. The molecule has 1 unspecified atom stereocenters. The van der Waals surface area contributed by atoms with Crippen molar-refractivity contribution in [3.63, 3.8) is 0 Å². The Bertz CT molecular complexity index is 310. The van der Waals surface area contributed by atoms with Gasteiger partial charge in [-0.15, -0.1) is 0 Å². The van der Waals surface area contributed by atoms with E-state index in [1.165, 1.54) is 11.1 Å². The van der Waals surface area contributed by atoms with Gasteiger partial charge in [0.25, 0.3) is 0 Å². The van der Waals surface area contributed by atoms with Gasteiger partial charge in [0.1, 0.15) is 0 Å². The summed E-state index contributed by atoms with van der Waals surface area (Å²) in [6.45, 7) is 8.47. The summed E-state index contributed by atoms with van der Waals surface area (Å²) >= 11 is 0. The molecule has 0 amide bonds. The van der Waals surface area contributed by atoms with Gasteiger partial charge in [-0.2, -0.15) is 0 Å². The van der Waals surface area contributed by atoms with E-state index < -0.39 is 0 Å². The van der Waals surface area contributed by atoms with Gasteiger partial charge in [0.15, 0.2) is 5.90 Å². The smallest absolute Gasteiger partial charge is 0.191 e. The molecule has 0 aliphatic carbocycles. The lowest BCUT2D eigenvalue weighted by Gasteiger charge is -2.17. The lowest BCUT2D eigenvalue weighted by Crippen LogP contribution is -2.15. The summed E-state index contributed by atoms with van der Waals surface area (Å²) in [5.41, 5.74) is 3.76. The molecule has 1 heterocycles. The van der Waals surface area contributed by atoms with E-state index in [0.717, 1.165) is 18.0 Å². The maximum atomic E-state index is 5.28. The van der Waals surface area contributed by atoms with Gasteiger partial charge in [0, 0.05) is 11.6 Å². The number of aliphatic imine (C=N–C) groups is 1. The maximum Gasteiger partial charge on any atom is 0.191 e. The van der Waals surface area contributed by atoms with Crippen molar-refractivity contribution in [2.45, 2.75) is 34.1 Å².